The van der Waals surface area contributed by atoms with Crippen molar-refractivity contribution in [1.29, 1.82) is 0 Å². The summed E-state index contributed by atoms with van der Waals surface area (Å²) in [5, 5.41) is 22.6. The zero-order valence-electron chi connectivity index (χ0n) is 10.6. The van der Waals surface area contributed by atoms with E-state index in [-0.39, 0.29) is 6.61 Å². The minimum atomic E-state index is -0.725. The number of benzene rings is 1. The Labute approximate surface area is 108 Å². The van der Waals surface area contributed by atoms with E-state index in [1.165, 1.54) is 0 Å². The topological polar surface area (TPSA) is 61.7 Å². The number of aliphatic hydroxyl groups is 2. The second-order valence-electron chi connectivity index (χ2n) is 4.84. The lowest BCUT2D eigenvalue weighted by Crippen LogP contribution is -2.46. The van der Waals surface area contributed by atoms with Gasteiger partial charge in [-0.25, -0.2) is 0 Å². The monoisotopic (exact) mass is 251 g/mol. The summed E-state index contributed by atoms with van der Waals surface area (Å²) < 4.78 is 5.74. The lowest BCUT2D eigenvalue weighted by atomic mass is 9.93. The molecule has 3 N–H and O–H groups in total. The van der Waals surface area contributed by atoms with E-state index in [0.717, 1.165) is 37.2 Å². The van der Waals surface area contributed by atoms with Crippen molar-refractivity contribution in [1.82, 2.24) is 5.32 Å². The van der Waals surface area contributed by atoms with Gasteiger partial charge in [-0.1, -0.05) is 18.2 Å². The van der Waals surface area contributed by atoms with Gasteiger partial charge < -0.3 is 20.3 Å². The summed E-state index contributed by atoms with van der Waals surface area (Å²) >= 11 is 0. The molecule has 0 amide bonds. The summed E-state index contributed by atoms with van der Waals surface area (Å²) in [6.07, 6.45) is 2.01. The number of nitrogens with one attached hydrogen (secondary N) is 1. The first-order valence-corrected chi connectivity index (χ1v) is 6.48. The Morgan fingerprint density at radius 3 is 2.67 bits per heavy atom. The molecular weight excluding hydrogens is 230 g/mol. The summed E-state index contributed by atoms with van der Waals surface area (Å²) in [5.41, 5.74) is 0.259. The molecule has 1 heterocycles. The first kappa shape index (κ1) is 13.3. The number of piperidine rings is 1. The van der Waals surface area contributed by atoms with Gasteiger partial charge >= 0.3 is 0 Å². The van der Waals surface area contributed by atoms with Crippen molar-refractivity contribution >= 4 is 0 Å². The zero-order chi connectivity index (χ0) is 12.8. The van der Waals surface area contributed by atoms with Gasteiger partial charge in [-0.2, -0.15) is 0 Å². The summed E-state index contributed by atoms with van der Waals surface area (Å²) in [6.45, 7) is 2.09. The Balaban J connectivity index is 1.96. The Hall–Kier alpha value is -1.10. The Bertz CT molecular complexity index is 375. The predicted molar refractivity (Wildman–Crippen MR) is 69.8 cm³/mol. The van der Waals surface area contributed by atoms with E-state index >= 15 is 0 Å². The van der Waals surface area contributed by atoms with E-state index < -0.39 is 5.60 Å². The number of hydrogen-bond donors (Lipinski definition) is 3. The van der Waals surface area contributed by atoms with Crippen molar-refractivity contribution in [2.24, 2.45) is 0 Å². The number of aliphatic hydroxyl groups excluding tert-OH is 1. The summed E-state index contributed by atoms with van der Waals surface area (Å²) in [7, 11) is 0. The fourth-order valence-corrected chi connectivity index (χ4v) is 2.22. The fourth-order valence-electron chi connectivity index (χ4n) is 2.22. The van der Waals surface area contributed by atoms with Gasteiger partial charge in [0.05, 0.1) is 0 Å². The molecule has 18 heavy (non-hydrogen) atoms. The van der Waals surface area contributed by atoms with Gasteiger partial charge in [-0.15, -0.1) is 0 Å². The van der Waals surface area contributed by atoms with Crippen LogP contribution in [0.15, 0.2) is 24.3 Å². The normalized spacial score (nSPS) is 18.6. The lowest BCUT2D eigenvalue weighted by molar-refractivity contribution is -0.0288. The molecule has 1 saturated heterocycles. The smallest absolute Gasteiger partial charge is 0.122 e. The molecule has 0 spiro atoms. The number of rotatable bonds is 5. The van der Waals surface area contributed by atoms with Gasteiger partial charge in [0.2, 0.25) is 0 Å². The molecule has 0 aliphatic carbocycles. The van der Waals surface area contributed by atoms with Crippen LogP contribution in [0.5, 0.6) is 5.75 Å². The maximum Gasteiger partial charge on any atom is 0.122 e. The van der Waals surface area contributed by atoms with Crippen molar-refractivity contribution in [2.75, 3.05) is 26.3 Å². The molecular formula is C14H21NO3. The highest BCUT2D eigenvalue weighted by Crippen LogP contribution is 2.23. The van der Waals surface area contributed by atoms with Crippen molar-refractivity contribution in [3.8, 4) is 5.75 Å². The van der Waals surface area contributed by atoms with Crippen LogP contribution in [0.25, 0.3) is 0 Å². The summed E-state index contributed by atoms with van der Waals surface area (Å²) in [6, 6.07) is 7.66. The highest BCUT2D eigenvalue weighted by molar-refractivity contribution is 5.33. The molecule has 4 nitrogen and oxygen atoms in total. The van der Waals surface area contributed by atoms with E-state index in [4.69, 9.17) is 9.84 Å². The first-order chi connectivity index (χ1) is 8.73. The molecule has 0 aromatic heterocycles. The standard InChI is InChI=1S/C14H21NO3/c16-10-5-12-3-1-2-4-13(12)18-11-14(17)6-8-15-9-7-14/h1-4,15-17H,5-11H2. The van der Waals surface area contributed by atoms with E-state index in [2.05, 4.69) is 5.32 Å². The van der Waals surface area contributed by atoms with Gasteiger partial charge in [-0.3, -0.25) is 0 Å². The third kappa shape index (κ3) is 3.45. The van der Waals surface area contributed by atoms with Gasteiger partial charge in [0.1, 0.15) is 18.0 Å². The highest BCUT2D eigenvalue weighted by Gasteiger charge is 2.30. The molecule has 0 saturated carbocycles. The number of para-hydroxylation sites is 1. The van der Waals surface area contributed by atoms with Gasteiger partial charge in [0, 0.05) is 6.61 Å². The molecule has 1 aliphatic rings. The van der Waals surface area contributed by atoms with E-state index in [0.29, 0.717) is 13.0 Å². The molecule has 0 unspecified atom stereocenters. The molecule has 2 rings (SSSR count). The van der Waals surface area contributed by atoms with Crippen LogP contribution in [0.1, 0.15) is 18.4 Å². The Morgan fingerprint density at radius 2 is 1.94 bits per heavy atom. The molecule has 1 fully saturated rings. The quantitative estimate of drug-likeness (QED) is 0.721. The summed E-state index contributed by atoms with van der Waals surface area (Å²) in [4.78, 5) is 0. The van der Waals surface area contributed by atoms with Crippen LogP contribution < -0.4 is 10.1 Å². The van der Waals surface area contributed by atoms with Gasteiger partial charge in [0.25, 0.3) is 0 Å². The van der Waals surface area contributed by atoms with Crippen LogP contribution in [-0.4, -0.2) is 42.1 Å². The first-order valence-electron chi connectivity index (χ1n) is 6.48. The van der Waals surface area contributed by atoms with Crippen LogP contribution in [0.4, 0.5) is 0 Å². The summed E-state index contributed by atoms with van der Waals surface area (Å²) in [5.74, 6) is 0.763. The fraction of sp³-hybridized carbons (Fsp3) is 0.571. The molecule has 0 bridgehead atoms. The molecule has 100 valence electrons. The van der Waals surface area contributed by atoms with E-state index in [1.807, 2.05) is 24.3 Å². The minimum absolute atomic E-state index is 0.106. The highest BCUT2D eigenvalue weighted by atomic mass is 16.5. The average molecular weight is 251 g/mol. The van der Waals surface area contributed by atoms with Crippen LogP contribution in [0, 0.1) is 0 Å². The Kier molecular flexibility index (Phi) is 4.58. The maximum atomic E-state index is 10.3. The second-order valence-corrected chi connectivity index (χ2v) is 4.84. The van der Waals surface area contributed by atoms with Crippen LogP contribution in [0.3, 0.4) is 0 Å². The van der Waals surface area contributed by atoms with Crippen molar-refractivity contribution in [3.05, 3.63) is 29.8 Å². The van der Waals surface area contributed by atoms with Gasteiger partial charge in [-0.05, 0) is 44.0 Å². The maximum absolute atomic E-state index is 10.3. The van der Waals surface area contributed by atoms with E-state index in [1.54, 1.807) is 0 Å². The third-order valence-corrected chi connectivity index (χ3v) is 3.38. The lowest BCUT2D eigenvalue weighted by Gasteiger charge is -2.32. The number of hydrogen-bond acceptors (Lipinski definition) is 4. The Morgan fingerprint density at radius 1 is 1.22 bits per heavy atom. The molecule has 1 aromatic carbocycles. The molecule has 1 aliphatic heterocycles. The molecule has 0 atom stereocenters. The van der Waals surface area contributed by atoms with E-state index in [9.17, 15) is 5.11 Å². The van der Waals surface area contributed by atoms with Crippen molar-refractivity contribution in [2.45, 2.75) is 24.9 Å². The molecule has 0 radical (unpaired) electrons. The largest absolute Gasteiger partial charge is 0.490 e. The molecule has 4 heteroatoms. The SMILES string of the molecule is OCCc1ccccc1OCC1(O)CCNCC1. The number of ether oxygens (including phenoxy) is 1. The third-order valence-electron chi connectivity index (χ3n) is 3.38. The van der Waals surface area contributed by atoms with Crippen LogP contribution in [0.2, 0.25) is 0 Å². The van der Waals surface area contributed by atoms with Crippen LogP contribution >= 0.6 is 0 Å². The predicted octanol–water partition coefficient (Wildman–Crippen LogP) is 0.715. The van der Waals surface area contributed by atoms with Crippen LogP contribution in [-0.2, 0) is 6.42 Å². The van der Waals surface area contributed by atoms with Crippen molar-refractivity contribution in [3.63, 3.8) is 0 Å². The molecule has 1 aromatic rings. The van der Waals surface area contributed by atoms with Gasteiger partial charge in [0.15, 0.2) is 0 Å². The zero-order valence-corrected chi connectivity index (χ0v) is 10.6. The van der Waals surface area contributed by atoms with Crippen molar-refractivity contribution < 1.29 is 14.9 Å². The minimum Gasteiger partial charge on any atom is -0.490 e. The average Bonchev–Trinajstić information content (AvgIpc) is 2.39. The second kappa shape index (κ2) is 6.18.